The summed E-state index contributed by atoms with van der Waals surface area (Å²) in [5, 5.41) is 11.8. The van der Waals surface area contributed by atoms with E-state index in [2.05, 4.69) is 164 Å². The summed E-state index contributed by atoms with van der Waals surface area (Å²) in [6.45, 7) is 4.25. The van der Waals surface area contributed by atoms with E-state index in [1.165, 1.54) is 42.8 Å². The molecule has 0 bridgehead atoms. The second kappa shape index (κ2) is 14.5. The highest BCUT2D eigenvalue weighted by Crippen LogP contribution is 2.44. The Hall–Kier alpha value is -7.67. The van der Waals surface area contributed by atoms with E-state index in [0.717, 1.165) is 71.4 Å². The Labute approximate surface area is 361 Å². The second-order valence-corrected chi connectivity index (χ2v) is 17.0. The van der Waals surface area contributed by atoms with Crippen molar-refractivity contribution in [1.82, 2.24) is 19.5 Å². The minimum absolute atomic E-state index is 0.550. The van der Waals surface area contributed by atoms with Crippen LogP contribution in [-0.2, 0) is 0 Å². The van der Waals surface area contributed by atoms with Crippen molar-refractivity contribution in [3.63, 3.8) is 0 Å². The molecular formula is C56H38N4OS. The lowest BCUT2D eigenvalue weighted by Crippen LogP contribution is -2.07. The van der Waals surface area contributed by atoms with Crippen molar-refractivity contribution in [1.29, 1.82) is 0 Å². The summed E-state index contributed by atoms with van der Waals surface area (Å²) in [4.78, 5) is 15.8. The third kappa shape index (κ3) is 5.79. The van der Waals surface area contributed by atoms with Gasteiger partial charge < -0.3 is 4.42 Å². The van der Waals surface area contributed by atoms with Crippen molar-refractivity contribution in [2.75, 3.05) is 0 Å². The number of hydrogen-bond donors (Lipinski definition) is 0. The van der Waals surface area contributed by atoms with Crippen LogP contribution < -0.4 is 0 Å². The normalized spacial score (nSPS) is 11.8. The molecule has 13 aromatic rings. The molecule has 0 fully saturated rings. The Kier molecular flexibility index (Phi) is 8.47. The number of fused-ring (bicyclic) bond motifs is 12. The van der Waals surface area contributed by atoms with Gasteiger partial charge in [-0.25, -0.2) is 4.98 Å². The number of hydrogen-bond acceptors (Lipinski definition) is 5. The van der Waals surface area contributed by atoms with E-state index >= 15 is 0 Å². The maximum atomic E-state index is 6.35. The summed E-state index contributed by atoms with van der Waals surface area (Å²) in [6.07, 6.45) is 1.25. The number of para-hydroxylation sites is 2. The van der Waals surface area contributed by atoms with Gasteiger partial charge in [0, 0.05) is 58.4 Å². The quantitative estimate of drug-likeness (QED) is 0.178. The molecule has 9 aromatic carbocycles. The monoisotopic (exact) mass is 814 g/mol. The van der Waals surface area contributed by atoms with Gasteiger partial charge in [-0.1, -0.05) is 154 Å². The average Bonchev–Trinajstić information content (AvgIpc) is 4.00. The van der Waals surface area contributed by atoms with Crippen LogP contribution in [0.2, 0.25) is 0 Å². The SMILES string of the molecule is CCC.c1ccc(-c2nc(-c3ccc4c(c3)oc3ccccc34)nc(-n3c4cc5ccccc5cc4c4cccc(-c5ccc6sc7ccc8ccccc8c7c6c5)c43)n2)cc1. The minimum Gasteiger partial charge on any atom is -0.456 e. The van der Waals surface area contributed by atoms with Crippen molar-refractivity contribution in [2.24, 2.45) is 0 Å². The lowest BCUT2D eigenvalue weighted by Gasteiger charge is -2.13. The summed E-state index contributed by atoms with van der Waals surface area (Å²) < 4.78 is 11.2. The Balaban J connectivity index is 0.00000133. The van der Waals surface area contributed by atoms with Crippen LogP contribution in [0, 0.1) is 0 Å². The number of thiophene rings is 1. The van der Waals surface area contributed by atoms with E-state index in [1.807, 2.05) is 47.7 Å². The first kappa shape index (κ1) is 36.2. The summed E-state index contributed by atoms with van der Waals surface area (Å²) in [5.41, 5.74) is 7.73. The van der Waals surface area contributed by atoms with Crippen LogP contribution in [0.15, 0.2) is 186 Å². The van der Waals surface area contributed by atoms with Crippen LogP contribution in [-0.4, -0.2) is 19.5 Å². The number of rotatable bonds is 4. The molecule has 0 amide bonds. The van der Waals surface area contributed by atoms with E-state index in [9.17, 15) is 0 Å². The van der Waals surface area contributed by atoms with Crippen LogP contribution >= 0.6 is 11.3 Å². The fraction of sp³-hybridized carbons (Fsp3) is 0.0536. The molecule has 4 aromatic heterocycles. The molecule has 0 spiro atoms. The standard InChI is InChI=1S/C53H30N4OS.C3H8/c1-2-12-32(13-3-1)51-54-52(36-21-24-40-39-17-8-9-20-45(39)58-46(40)30-36)56-53(55-51)57-44-29-34-15-5-4-14-33(34)27-42(44)41-19-10-18-38(50(41)57)35-23-25-47-43(28-35)49-37-16-7-6-11-31(37)22-26-48(49)59-47;1-3-2/h1-30H;3H2,1-2H3. The zero-order valence-corrected chi connectivity index (χ0v) is 34.9. The average molecular weight is 815 g/mol. The summed E-state index contributed by atoms with van der Waals surface area (Å²) in [7, 11) is 0. The molecule has 0 saturated heterocycles. The first-order chi connectivity index (χ1) is 30.6. The summed E-state index contributed by atoms with van der Waals surface area (Å²) in [5.74, 6) is 1.72. The fourth-order valence-corrected chi connectivity index (χ4v) is 10.2. The molecule has 0 aliphatic carbocycles. The van der Waals surface area contributed by atoms with Crippen molar-refractivity contribution in [2.45, 2.75) is 20.3 Å². The molecule has 0 N–H and O–H groups in total. The van der Waals surface area contributed by atoms with Gasteiger partial charge in [0.2, 0.25) is 5.95 Å². The molecule has 0 aliphatic heterocycles. The molecule has 4 heterocycles. The summed E-state index contributed by atoms with van der Waals surface area (Å²) >= 11 is 1.85. The third-order valence-corrected chi connectivity index (χ3v) is 13.0. The third-order valence-electron chi connectivity index (χ3n) is 11.8. The molecule has 294 valence electrons. The lowest BCUT2D eigenvalue weighted by molar-refractivity contribution is 0.669. The zero-order valence-electron chi connectivity index (χ0n) is 34.1. The van der Waals surface area contributed by atoms with E-state index in [1.54, 1.807) is 0 Å². The lowest BCUT2D eigenvalue weighted by atomic mass is 9.98. The molecule has 13 rings (SSSR count). The zero-order chi connectivity index (χ0) is 41.3. The van der Waals surface area contributed by atoms with Gasteiger partial charge in [0.25, 0.3) is 0 Å². The molecule has 0 saturated carbocycles. The first-order valence-electron chi connectivity index (χ1n) is 21.2. The molecule has 62 heavy (non-hydrogen) atoms. The fourth-order valence-electron chi connectivity index (χ4n) is 9.08. The highest BCUT2D eigenvalue weighted by Gasteiger charge is 2.22. The van der Waals surface area contributed by atoms with Crippen molar-refractivity contribution < 1.29 is 4.42 Å². The second-order valence-electron chi connectivity index (χ2n) is 15.9. The maximum Gasteiger partial charge on any atom is 0.238 e. The van der Waals surface area contributed by atoms with Crippen molar-refractivity contribution in [3.8, 4) is 39.9 Å². The Bertz CT molecular complexity index is 3880. The predicted molar refractivity (Wildman–Crippen MR) is 262 cm³/mol. The number of furan rings is 1. The van der Waals surface area contributed by atoms with Gasteiger partial charge in [-0.2, -0.15) is 9.97 Å². The Morgan fingerprint density at radius 1 is 0.452 bits per heavy atom. The minimum atomic E-state index is 0.550. The molecule has 0 atom stereocenters. The molecular weight excluding hydrogens is 777 g/mol. The van der Waals surface area contributed by atoms with Crippen LogP contribution in [0.3, 0.4) is 0 Å². The Morgan fingerprint density at radius 2 is 1.11 bits per heavy atom. The van der Waals surface area contributed by atoms with Crippen LogP contribution in [0.25, 0.3) is 125 Å². The van der Waals surface area contributed by atoms with E-state index in [0.29, 0.717) is 17.6 Å². The van der Waals surface area contributed by atoms with Crippen LogP contribution in [0.4, 0.5) is 0 Å². The molecule has 0 unspecified atom stereocenters. The number of benzene rings is 9. The van der Waals surface area contributed by atoms with Crippen molar-refractivity contribution >= 4 is 96.8 Å². The maximum absolute atomic E-state index is 6.35. The van der Waals surface area contributed by atoms with E-state index < -0.39 is 0 Å². The molecule has 0 radical (unpaired) electrons. The van der Waals surface area contributed by atoms with Gasteiger partial charge in [-0.15, -0.1) is 11.3 Å². The van der Waals surface area contributed by atoms with Gasteiger partial charge in [0.1, 0.15) is 11.2 Å². The van der Waals surface area contributed by atoms with Gasteiger partial charge in [0.15, 0.2) is 11.6 Å². The predicted octanol–water partition coefficient (Wildman–Crippen LogP) is 16.0. The molecule has 6 heteroatoms. The molecule has 5 nitrogen and oxygen atoms in total. The van der Waals surface area contributed by atoms with E-state index in [-0.39, 0.29) is 0 Å². The Morgan fingerprint density at radius 3 is 1.95 bits per heavy atom. The molecule has 0 aliphatic rings. The van der Waals surface area contributed by atoms with Crippen molar-refractivity contribution in [3.05, 3.63) is 182 Å². The first-order valence-corrected chi connectivity index (χ1v) is 22.0. The highest BCUT2D eigenvalue weighted by atomic mass is 32.1. The van der Waals surface area contributed by atoms with Gasteiger partial charge in [-0.3, -0.25) is 4.57 Å². The smallest absolute Gasteiger partial charge is 0.238 e. The summed E-state index contributed by atoms with van der Waals surface area (Å²) in [6, 6.07) is 64.5. The number of nitrogens with zero attached hydrogens (tertiary/aromatic N) is 4. The van der Waals surface area contributed by atoms with Crippen LogP contribution in [0.5, 0.6) is 0 Å². The topological polar surface area (TPSA) is 56.7 Å². The highest BCUT2D eigenvalue weighted by molar-refractivity contribution is 7.26. The van der Waals surface area contributed by atoms with Gasteiger partial charge in [0.05, 0.1) is 11.0 Å². The van der Waals surface area contributed by atoms with Crippen LogP contribution in [0.1, 0.15) is 20.3 Å². The number of aromatic nitrogens is 4. The van der Waals surface area contributed by atoms with Gasteiger partial charge >= 0.3 is 0 Å². The van der Waals surface area contributed by atoms with Gasteiger partial charge in [-0.05, 0) is 75.6 Å². The largest absolute Gasteiger partial charge is 0.456 e. The van der Waals surface area contributed by atoms with E-state index in [4.69, 9.17) is 19.4 Å².